The molecule has 3 rings (SSSR count). The van der Waals surface area contributed by atoms with E-state index in [0.717, 1.165) is 5.56 Å². The third kappa shape index (κ3) is 6.68. The molecular weight excluding hydrogens is 442 g/mol. The highest BCUT2D eigenvalue weighted by molar-refractivity contribution is 7.80. The quantitative estimate of drug-likeness (QED) is 0.344. The van der Waals surface area contributed by atoms with Crippen molar-refractivity contribution in [2.45, 2.75) is 6.54 Å². The lowest BCUT2D eigenvalue weighted by atomic mass is 10.1. The van der Waals surface area contributed by atoms with Crippen LogP contribution in [-0.2, 0) is 11.3 Å². The Hall–Kier alpha value is -4.11. The van der Waals surface area contributed by atoms with E-state index < -0.39 is 5.91 Å². The van der Waals surface area contributed by atoms with Gasteiger partial charge in [-0.2, -0.15) is 0 Å². The van der Waals surface area contributed by atoms with E-state index in [2.05, 4.69) is 16.0 Å². The van der Waals surface area contributed by atoms with Gasteiger partial charge in [-0.05, 0) is 60.3 Å². The normalized spacial score (nSPS) is 10.5. The third-order valence-electron chi connectivity index (χ3n) is 4.49. The fourth-order valence-corrected chi connectivity index (χ4v) is 3.11. The first kappa shape index (κ1) is 23.6. The number of methoxy groups -OCH3 is 2. The Morgan fingerprint density at radius 1 is 1.03 bits per heavy atom. The molecule has 0 atom stereocenters. The van der Waals surface area contributed by atoms with E-state index in [-0.39, 0.29) is 17.6 Å². The van der Waals surface area contributed by atoms with Gasteiger partial charge in [0.2, 0.25) is 5.91 Å². The molecule has 170 valence electrons. The molecule has 9 heteroatoms. The second-order valence-corrected chi connectivity index (χ2v) is 7.11. The molecule has 0 radical (unpaired) electrons. The Morgan fingerprint density at radius 3 is 2.55 bits per heavy atom. The first-order valence-electron chi connectivity index (χ1n) is 9.92. The molecule has 0 spiro atoms. The van der Waals surface area contributed by atoms with E-state index >= 15 is 0 Å². The molecule has 0 aliphatic carbocycles. The number of nitrogens with one attached hydrogen (secondary N) is 3. The molecule has 0 saturated carbocycles. The monoisotopic (exact) mass is 465 g/mol. The molecular formula is C24H23N3O5S. The van der Waals surface area contributed by atoms with E-state index in [1.165, 1.54) is 19.4 Å². The second-order valence-electron chi connectivity index (χ2n) is 6.70. The highest BCUT2D eigenvalue weighted by atomic mass is 32.1. The molecule has 0 unspecified atom stereocenters. The van der Waals surface area contributed by atoms with Gasteiger partial charge in [0.1, 0.15) is 5.76 Å². The zero-order valence-corrected chi connectivity index (χ0v) is 18.9. The van der Waals surface area contributed by atoms with Crippen molar-refractivity contribution in [2.24, 2.45) is 0 Å². The van der Waals surface area contributed by atoms with Crippen LogP contribution in [0.15, 0.2) is 71.4 Å². The molecule has 8 nitrogen and oxygen atoms in total. The van der Waals surface area contributed by atoms with Gasteiger partial charge in [0.05, 0.1) is 38.3 Å². The number of hydrogen-bond donors (Lipinski definition) is 3. The molecule has 2 aromatic carbocycles. The summed E-state index contributed by atoms with van der Waals surface area (Å²) in [6.45, 7) is 0.252. The van der Waals surface area contributed by atoms with Gasteiger partial charge in [0.15, 0.2) is 16.6 Å². The standard InChI is InChI=1S/C24H23N3O5S/c1-30-20-11-9-16(14-21(20)31-2)10-12-22(28)27-24(33)26-19-8-4-3-7-18(19)23(29)25-15-17-6-5-13-32-17/h3-14H,15H2,1-2H3,(H,25,29)(H2,26,27,28,33)/b12-10+. The van der Waals surface area contributed by atoms with Crippen LogP contribution in [0.4, 0.5) is 5.69 Å². The van der Waals surface area contributed by atoms with Crippen molar-refractivity contribution in [2.75, 3.05) is 19.5 Å². The zero-order chi connectivity index (χ0) is 23.6. The van der Waals surface area contributed by atoms with Crippen molar-refractivity contribution in [3.8, 4) is 11.5 Å². The van der Waals surface area contributed by atoms with Crippen molar-refractivity contribution in [3.05, 3.63) is 83.8 Å². The fraction of sp³-hybridized carbons (Fsp3) is 0.125. The Morgan fingerprint density at radius 2 is 1.82 bits per heavy atom. The maximum Gasteiger partial charge on any atom is 0.253 e. The van der Waals surface area contributed by atoms with Crippen molar-refractivity contribution in [1.29, 1.82) is 0 Å². The molecule has 3 N–H and O–H groups in total. The van der Waals surface area contributed by atoms with Crippen LogP contribution < -0.4 is 25.4 Å². The number of benzene rings is 2. The SMILES string of the molecule is COc1ccc(/C=C/C(=O)NC(=S)Nc2ccccc2C(=O)NCc2ccco2)cc1OC. The molecule has 1 heterocycles. The van der Waals surface area contributed by atoms with Crippen molar-refractivity contribution in [3.63, 3.8) is 0 Å². The minimum absolute atomic E-state index is 0.0586. The van der Waals surface area contributed by atoms with Gasteiger partial charge in [0.25, 0.3) is 5.91 Å². The van der Waals surface area contributed by atoms with Crippen molar-refractivity contribution in [1.82, 2.24) is 10.6 Å². The number of thiocarbonyl (C=S) groups is 1. The van der Waals surface area contributed by atoms with Gasteiger partial charge < -0.3 is 24.5 Å². The molecule has 1 aromatic heterocycles. The van der Waals surface area contributed by atoms with Crippen LogP contribution in [0.25, 0.3) is 6.08 Å². The number of carbonyl (C=O) groups excluding carboxylic acids is 2. The highest BCUT2D eigenvalue weighted by Gasteiger charge is 2.13. The van der Waals surface area contributed by atoms with Gasteiger partial charge in [0, 0.05) is 6.08 Å². The molecule has 0 fully saturated rings. The number of para-hydroxylation sites is 1. The average molecular weight is 466 g/mol. The van der Waals surface area contributed by atoms with Crippen LogP contribution in [-0.4, -0.2) is 31.1 Å². The number of furan rings is 1. The summed E-state index contributed by atoms with van der Waals surface area (Å²) in [4.78, 5) is 24.8. The number of rotatable bonds is 8. The number of ether oxygens (including phenoxy) is 2. The van der Waals surface area contributed by atoms with Gasteiger partial charge in [-0.3, -0.25) is 14.9 Å². The van der Waals surface area contributed by atoms with Crippen LogP contribution in [0, 0.1) is 0 Å². The minimum atomic E-state index is -0.429. The summed E-state index contributed by atoms with van der Waals surface area (Å²) < 4.78 is 15.7. The van der Waals surface area contributed by atoms with E-state index in [4.69, 9.17) is 26.1 Å². The minimum Gasteiger partial charge on any atom is -0.493 e. The summed E-state index contributed by atoms with van der Waals surface area (Å²) in [7, 11) is 3.09. The number of carbonyl (C=O) groups is 2. The van der Waals surface area contributed by atoms with Gasteiger partial charge >= 0.3 is 0 Å². The number of hydrogen-bond acceptors (Lipinski definition) is 6. The first-order valence-corrected chi connectivity index (χ1v) is 10.3. The Bertz CT molecular complexity index is 1160. The lowest BCUT2D eigenvalue weighted by molar-refractivity contribution is -0.115. The smallest absolute Gasteiger partial charge is 0.253 e. The van der Waals surface area contributed by atoms with Crippen LogP contribution >= 0.6 is 12.2 Å². The predicted molar refractivity (Wildman–Crippen MR) is 129 cm³/mol. The largest absolute Gasteiger partial charge is 0.493 e. The number of amides is 2. The van der Waals surface area contributed by atoms with E-state index in [1.54, 1.807) is 67.8 Å². The van der Waals surface area contributed by atoms with Gasteiger partial charge in [-0.15, -0.1) is 0 Å². The van der Waals surface area contributed by atoms with E-state index in [0.29, 0.717) is 28.5 Å². The lowest BCUT2D eigenvalue weighted by Crippen LogP contribution is -2.33. The average Bonchev–Trinajstić information content (AvgIpc) is 3.35. The van der Waals surface area contributed by atoms with Crippen LogP contribution in [0.2, 0.25) is 0 Å². The summed E-state index contributed by atoms with van der Waals surface area (Å²) in [5.41, 5.74) is 1.59. The maximum absolute atomic E-state index is 12.6. The molecule has 0 saturated heterocycles. The molecule has 0 bridgehead atoms. The molecule has 2 amide bonds. The topological polar surface area (TPSA) is 102 Å². The Labute approximate surface area is 196 Å². The summed E-state index contributed by atoms with van der Waals surface area (Å²) in [5.74, 6) is 1.05. The van der Waals surface area contributed by atoms with Crippen LogP contribution in [0.3, 0.4) is 0 Å². The predicted octanol–water partition coefficient (Wildman–Crippen LogP) is 3.75. The molecule has 0 aliphatic heterocycles. The zero-order valence-electron chi connectivity index (χ0n) is 18.1. The van der Waals surface area contributed by atoms with Crippen molar-refractivity contribution < 1.29 is 23.5 Å². The molecule has 0 aliphatic rings. The van der Waals surface area contributed by atoms with Gasteiger partial charge in [-0.25, -0.2) is 0 Å². The van der Waals surface area contributed by atoms with E-state index in [1.807, 2.05) is 0 Å². The summed E-state index contributed by atoms with van der Waals surface area (Å²) >= 11 is 5.23. The third-order valence-corrected chi connectivity index (χ3v) is 4.70. The molecule has 3 aromatic rings. The first-order chi connectivity index (χ1) is 16.0. The van der Waals surface area contributed by atoms with Crippen LogP contribution in [0.5, 0.6) is 11.5 Å². The Kier molecular flexibility index (Phi) is 8.20. The van der Waals surface area contributed by atoms with E-state index in [9.17, 15) is 9.59 Å². The summed E-state index contributed by atoms with van der Waals surface area (Å²) in [5, 5.41) is 8.29. The summed E-state index contributed by atoms with van der Waals surface area (Å²) in [6.07, 6.45) is 4.50. The highest BCUT2D eigenvalue weighted by Crippen LogP contribution is 2.27. The fourth-order valence-electron chi connectivity index (χ4n) is 2.90. The Balaban J connectivity index is 1.58. The number of anilines is 1. The second kappa shape index (κ2) is 11.5. The summed E-state index contributed by atoms with van der Waals surface area (Å²) in [6, 6.07) is 15.6. The lowest BCUT2D eigenvalue weighted by Gasteiger charge is -2.12. The van der Waals surface area contributed by atoms with Crippen LogP contribution in [0.1, 0.15) is 21.7 Å². The van der Waals surface area contributed by atoms with Crippen molar-refractivity contribution >= 4 is 40.9 Å². The molecule has 33 heavy (non-hydrogen) atoms. The maximum atomic E-state index is 12.6. The van der Waals surface area contributed by atoms with Gasteiger partial charge in [-0.1, -0.05) is 18.2 Å².